The molecule has 0 saturated carbocycles. The molecule has 0 atom stereocenters. The molecule has 0 bridgehead atoms. The molecule has 4 heterocycles. The van der Waals surface area contributed by atoms with Crippen molar-refractivity contribution in [3.8, 4) is 0 Å². The van der Waals surface area contributed by atoms with Gasteiger partial charge in [0.1, 0.15) is 11.4 Å². The van der Waals surface area contributed by atoms with E-state index >= 15 is 0 Å². The predicted molar refractivity (Wildman–Crippen MR) is 117 cm³/mol. The highest BCUT2D eigenvalue weighted by atomic mass is 32.2. The number of piperazine rings is 1. The maximum atomic E-state index is 13.3. The van der Waals surface area contributed by atoms with E-state index in [0.29, 0.717) is 11.2 Å². The summed E-state index contributed by atoms with van der Waals surface area (Å²) in [5.41, 5.74) is 1.11. The Hall–Kier alpha value is -3.37. The van der Waals surface area contributed by atoms with Crippen LogP contribution in [0.25, 0.3) is 22.0 Å². The number of hydrogen-bond acceptors (Lipinski definition) is 7. The molecule has 10 heteroatoms. The minimum absolute atomic E-state index is 0.214. The predicted octanol–water partition coefficient (Wildman–Crippen LogP) is 2.47. The molecular weight excluding hydrogens is 420 g/mol. The van der Waals surface area contributed by atoms with Crippen LogP contribution in [0.2, 0.25) is 0 Å². The maximum Gasteiger partial charge on any atom is 0.290 e. The normalized spacial score (nSPS) is 15.1. The summed E-state index contributed by atoms with van der Waals surface area (Å²) in [7, 11) is -1.66. The van der Waals surface area contributed by atoms with E-state index in [0.717, 1.165) is 42.8 Å². The summed E-state index contributed by atoms with van der Waals surface area (Å²) in [4.78, 5) is 17.7. The summed E-state index contributed by atoms with van der Waals surface area (Å²) in [5, 5.41) is 8.44. The van der Waals surface area contributed by atoms with Crippen LogP contribution in [0.4, 0.5) is 5.82 Å². The van der Waals surface area contributed by atoms with Crippen molar-refractivity contribution in [3.05, 3.63) is 54.9 Å². The van der Waals surface area contributed by atoms with Crippen LogP contribution in [-0.4, -0.2) is 67.1 Å². The highest BCUT2D eigenvalue weighted by Crippen LogP contribution is 2.26. The molecule has 9 nitrogen and oxygen atoms in total. The number of hydrogen-bond donors (Lipinski definition) is 1. The first kappa shape index (κ1) is 20.9. The van der Waals surface area contributed by atoms with Crippen molar-refractivity contribution in [3.63, 3.8) is 0 Å². The Labute approximate surface area is 179 Å². The number of pyridine rings is 1. The first-order valence-corrected chi connectivity index (χ1v) is 11.1. The van der Waals surface area contributed by atoms with Gasteiger partial charge in [0.2, 0.25) is 0 Å². The highest BCUT2D eigenvalue weighted by Gasteiger charge is 2.22. The summed E-state index contributed by atoms with van der Waals surface area (Å²) in [6, 6.07) is 12.3. The first-order valence-electron chi connectivity index (χ1n) is 9.66. The number of furan rings is 1. The number of fused-ring (bicyclic) bond motifs is 2. The van der Waals surface area contributed by atoms with Gasteiger partial charge in [-0.05, 0) is 49.5 Å². The zero-order chi connectivity index (χ0) is 22.0. The van der Waals surface area contributed by atoms with E-state index in [-0.39, 0.29) is 11.4 Å². The van der Waals surface area contributed by atoms with Crippen molar-refractivity contribution >= 4 is 44.3 Å². The van der Waals surface area contributed by atoms with Gasteiger partial charge in [-0.1, -0.05) is 0 Å². The van der Waals surface area contributed by atoms with E-state index in [1.807, 2.05) is 12.1 Å². The zero-order valence-corrected chi connectivity index (χ0v) is 17.7. The molecular formula is C21H22N4O5S. The molecule has 0 aliphatic carbocycles. The fourth-order valence-corrected chi connectivity index (χ4v) is 4.94. The van der Waals surface area contributed by atoms with Gasteiger partial charge in [-0.15, -0.1) is 0 Å². The molecule has 0 amide bonds. The molecule has 31 heavy (non-hydrogen) atoms. The quantitative estimate of drug-likeness (QED) is 0.482. The van der Waals surface area contributed by atoms with Crippen LogP contribution in [0.5, 0.6) is 0 Å². The van der Waals surface area contributed by atoms with Crippen LogP contribution < -0.4 is 4.90 Å². The third kappa shape index (κ3) is 3.99. The number of likely N-dealkylation sites (N-methyl/N-ethyl adjacent to an activating group) is 1. The van der Waals surface area contributed by atoms with E-state index in [1.165, 1.54) is 3.97 Å². The van der Waals surface area contributed by atoms with E-state index < -0.39 is 10.0 Å². The number of carboxylic acid groups (broad SMARTS) is 1. The standard InChI is InChI=1S/C20H20N4O3S.CH2O2/c1-22-9-11-23(12-10-22)19-5-2-15-6-8-24(20(15)21-19)28(25,26)17-3-4-18-16(14-17)7-13-27-18;2-1-3/h2-8,13-14H,9-12H2,1H3;1H,(H,2,3). The SMILES string of the molecule is CN1CCN(c2ccc3ccn(S(=O)(=O)c4ccc5occc5c4)c3n2)CC1.O=CO. The van der Waals surface area contributed by atoms with Crippen molar-refractivity contribution in [2.75, 3.05) is 38.1 Å². The van der Waals surface area contributed by atoms with Crippen molar-refractivity contribution < 1.29 is 22.7 Å². The van der Waals surface area contributed by atoms with E-state index in [2.05, 4.69) is 16.8 Å². The molecule has 162 valence electrons. The monoisotopic (exact) mass is 442 g/mol. The highest BCUT2D eigenvalue weighted by molar-refractivity contribution is 7.90. The molecule has 1 aromatic carbocycles. The molecule has 4 aromatic rings. The van der Waals surface area contributed by atoms with Gasteiger partial charge in [-0.25, -0.2) is 17.4 Å². The van der Waals surface area contributed by atoms with Gasteiger partial charge in [-0.2, -0.15) is 0 Å². The third-order valence-electron chi connectivity index (χ3n) is 5.30. The average Bonchev–Trinajstić information content (AvgIpc) is 3.41. The Balaban J connectivity index is 0.000000730. The smallest absolute Gasteiger partial charge is 0.290 e. The minimum Gasteiger partial charge on any atom is -0.483 e. The lowest BCUT2D eigenvalue weighted by atomic mass is 10.3. The van der Waals surface area contributed by atoms with Gasteiger partial charge >= 0.3 is 0 Å². The Morgan fingerprint density at radius 2 is 1.77 bits per heavy atom. The molecule has 5 rings (SSSR count). The number of carbonyl (C=O) groups is 1. The number of rotatable bonds is 3. The summed E-state index contributed by atoms with van der Waals surface area (Å²) in [6.07, 6.45) is 3.12. The largest absolute Gasteiger partial charge is 0.483 e. The van der Waals surface area contributed by atoms with Gasteiger partial charge < -0.3 is 19.3 Å². The van der Waals surface area contributed by atoms with Crippen molar-refractivity contribution in [2.45, 2.75) is 4.90 Å². The molecule has 1 saturated heterocycles. The Morgan fingerprint density at radius 1 is 1.03 bits per heavy atom. The lowest BCUT2D eigenvalue weighted by molar-refractivity contribution is -0.122. The summed E-state index contributed by atoms with van der Waals surface area (Å²) < 4.78 is 33.1. The zero-order valence-electron chi connectivity index (χ0n) is 16.9. The summed E-state index contributed by atoms with van der Waals surface area (Å²) in [6.45, 7) is 3.42. The second kappa shape index (κ2) is 8.40. The molecule has 1 fully saturated rings. The Bertz CT molecular complexity index is 1320. The maximum absolute atomic E-state index is 13.3. The second-order valence-corrected chi connectivity index (χ2v) is 9.03. The van der Waals surface area contributed by atoms with Gasteiger partial charge in [0.05, 0.1) is 11.2 Å². The van der Waals surface area contributed by atoms with Crippen LogP contribution >= 0.6 is 0 Å². The molecule has 3 aromatic heterocycles. The number of nitrogens with zero attached hydrogens (tertiary/aromatic N) is 4. The van der Waals surface area contributed by atoms with Crippen molar-refractivity contribution in [1.29, 1.82) is 0 Å². The second-order valence-electron chi connectivity index (χ2n) is 7.21. The summed E-state index contributed by atoms with van der Waals surface area (Å²) >= 11 is 0. The minimum atomic E-state index is -3.76. The molecule has 0 spiro atoms. The van der Waals surface area contributed by atoms with Crippen LogP contribution in [0.3, 0.4) is 0 Å². The van der Waals surface area contributed by atoms with E-state index in [4.69, 9.17) is 19.3 Å². The van der Waals surface area contributed by atoms with Crippen LogP contribution in [0.1, 0.15) is 0 Å². The molecule has 1 aliphatic rings. The van der Waals surface area contributed by atoms with Gasteiger partial charge in [0, 0.05) is 43.1 Å². The van der Waals surface area contributed by atoms with Crippen molar-refractivity contribution in [2.24, 2.45) is 0 Å². The third-order valence-corrected chi connectivity index (χ3v) is 6.96. The number of anilines is 1. The Morgan fingerprint density at radius 3 is 2.52 bits per heavy atom. The topological polar surface area (TPSA) is 109 Å². The molecule has 0 unspecified atom stereocenters. The number of aromatic nitrogens is 2. The fourth-order valence-electron chi connectivity index (χ4n) is 3.60. The molecule has 1 aliphatic heterocycles. The van der Waals surface area contributed by atoms with Gasteiger partial charge in [-0.3, -0.25) is 4.79 Å². The average molecular weight is 442 g/mol. The molecule has 0 radical (unpaired) electrons. The lowest BCUT2D eigenvalue weighted by Gasteiger charge is -2.33. The molecule has 1 N–H and O–H groups in total. The number of benzene rings is 1. The first-order chi connectivity index (χ1) is 14.9. The van der Waals surface area contributed by atoms with Crippen LogP contribution in [0.15, 0.2) is 64.2 Å². The summed E-state index contributed by atoms with van der Waals surface area (Å²) in [5.74, 6) is 0.807. The van der Waals surface area contributed by atoms with E-state index in [9.17, 15) is 8.42 Å². The van der Waals surface area contributed by atoms with Crippen molar-refractivity contribution in [1.82, 2.24) is 13.9 Å². The lowest BCUT2D eigenvalue weighted by Crippen LogP contribution is -2.44. The fraction of sp³-hybridized carbons (Fsp3) is 0.238. The van der Waals surface area contributed by atoms with E-state index in [1.54, 1.807) is 42.8 Å². The van der Waals surface area contributed by atoms with Gasteiger partial charge in [0.15, 0.2) is 5.65 Å². The van der Waals surface area contributed by atoms with Gasteiger partial charge in [0.25, 0.3) is 16.5 Å². The van der Waals surface area contributed by atoms with Crippen LogP contribution in [-0.2, 0) is 14.8 Å². The Kier molecular flexibility index (Phi) is 5.66. The van der Waals surface area contributed by atoms with Crippen LogP contribution in [0, 0.1) is 0 Å².